The SMILES string of the molecule is CCOc1ccc(-n2cc(-c3ccccc3)c3c(S[C@@H](C)C(=O)OC)ncnc32)cc1. The van der Waals surface area contributed by atoms with Gasteiger partial charge in [-0.25, -0.2) is 9.97 Å². The van der Waals surface area contributed by atoms with Gasteiger partial charge in [0.05, 0.1) is 19.1 Å². The van der Waals surface area contributed by atoms with Crippen molar-refractivity contribution in [3.63, 3.8) is 0 Å². The maximum absolute atomic E-state index is 12.0. The van der Waals surface area contributed by atoms with E-state index in [2.05, 4.69) is 28.3 Å². The van der Waals surface area contributed by atoms with Crippen molar-refractivity contribution >= 4 is 28.8 Å². The quantitative estimate of drug-likeness (QED) is 0.228. The van der Waals surface area contributed by atoms with Crippen molar-refractivity contribution in [3.05, 3.63) is 67.1 Å². The van der Waals surface area contributed by atoms with E-state index in [1.165, 1.54) is 25.2 Å². The molecule has 0 spiro atoms. The molecule has 31 heavy (non-hydrogen) atoms. The number of rotatable bonds is 7. The van der Waals surface area contributed by atoms with E-state index in [4.69, 9.17) is 9.47 Å². The Balaban J connectivity index is 1.88. The van der Waals surface area contributed by atoms with Crippen molar-refractivity contribution in [2.75, 3.05) is 13.7 Å². The molecule has 4 aromatic rings. The Morgan fingerprint density at radius 1 is 1.10 bits per heavy atom. The highest BCUT2D eigenvalue weighted by Gasteiger charge is 2.22. The van der Waals surface area contributed by atoms with Gasteiger partial charge >= 0.3 is 5.97 Å². The topological polar surface area (TPSA) is 66.2 Å². The zero-order chi connectivity index (χ0) is 21.8. The minimum Gasteiger partial charge on any atom is -0.494 e. The molecular formula is C24H23N3O3S. The summed E-state index contributed by atoms with van der Waals surface area (Å²) >= 11 is 1.37. The Kier molecular flexibility index (Phi) is 6.23. The fourth-order valence-electron chi connectivity index (χ4n) is 3.41. The summed E-state index contributed by atoms with van der Waals surface area (Å²) in [6, 6.07) is 18.0. The molecule has 0 saturated heterocycles. The van der Waals surface area contributed by atoms with Gasteiger partial charge in [-0.15, -0.1) is 0 Å². The maximum Gasteiger partial charge on any atom is 0.318 e. The van der Waals surface area contributed by atoms with Crippen LogP contribution in [0.15, 0.2) is 72.1 Å². The van der Waals surface area contributed by atoms with E-state index in [9.17, 15) is 4.79 Å². The number of methoxy groups -OCH3 is 1. The van der Waals surface area contributed by atoms with Crippen molar-refractivity contribution in [1.29, 1.82) is 0 Å². The number of benzene rings is 2. The Morgan fingerprint density at radius 2 is 1.84 bits per heavy atom. The van der Waals surface area contributed by atoms with Crippen molar-refractivity contribution in [2.24, 2.45) is 0 Å². The Labute approximate surface area is 185 Å². The number of hydrogen-bond donors (Lipinski definition) is 0. The number of carbonyl (C=O) groups excluding carboxylic acids is 1. The Hall–Kier alpha value is -3.32. The smallest absolute Gasteiger partial charge is 0.318 e. The van der Waals surface area contributed by atoms with E-state index in [0.29, 0.717) is 6.61 Å². The Morgan fingerprint density at radius 3 is 2.52 bits per heavy atom. The number of fused-ring (bicyclic) bond motifs is 1. The van der Waals surface area contributed by atoms with Gasteiger partial charge in [0.15, 0.2) is 0 Å². The molecule has 0 fully saturated rings. The highest BCUT2D eigenvalue weighted by atomic mass is 32.2. The summed E-state index contributed by atoms with van der Waals surface area (Å²) in [6.45, 7) is 4.40. The van der Waals surface area contributed by atoms with Crippen LogP contribution in [-0.4, -0.2) is 39.5 Å². The number of hydrogen-bond acceptors (Lipinski definition) is 6. The lowest BCUT2D eigenvalue weighted by atomic mass is 10.1. The van der Waals surface area contributed by atoms with Gasteiger partial charge in [-0.3, -0.25) is 4.79 Å². The van der Waals surface area contributed by atoms with E-state index in [-0.39, 0.29) is 11.2 Å². The molecule has 7 heteroatoms. The number of ether oxygens (including phenoxy) is 2. The molecule has 0 N–H and O–H groups in total. The summed E-state index contributed by atoms with van der Waals surface area (Å²) < 4.78 is 12.5. The lowest BCUT2D eigenvalue weighted by Crippen LogP contribution is -2.14. The van der Waals surface area contributed by atoms with Gasteiger partial charge in [-0.05, 0) is 43.7 Å². The number of thioether (sulfide) groups is 1. The molecular weight excluding hydrogens is 410 g/mol. The molecule has 0 aliphatic heterocycles. The first kappa shape index (κ1) is 20.9. The van der Waals surface area contributed by atoms with Gasteiger partial charge in [0.1, 0.15) is 28.0 Å². The predicted molar refractivity (Wildman–Crippen MR) is 123 cm³/mol. The maximum atomic E-state index is 12.0. The third-order valence-corrected chi connectivity index (χ3v) is 5.96. The molecule has 2 heterocycles. The molecule has 4 rings (SSSR count). The average Bonchev–Trinajstić information content (AvgIpc) is 3.20. The van der Waals surface area contributed by atoms with E-state index in [1.54, 1.807) is 0 Å². The van der Waals surface area contributed by atoms with Crippen LogP contribution in [0.2, 0.25) is 0 Å². The molecule has 158 valence electrons. The number of aromatic nitrogens is 3. The van der Waals surface area contributed by atoms with E-state index in [1.807, 2.05) is 60.9 Å². The Bertz CT molecular complexity index is 1190. The molecule has 0 aliphatic carbocycles. The van der Waals surface area contributed by atoms with Crippen LogP contribution < -0.4 is 4.74 Å². The van der Waals surface area contributed by atoms with Crippen LogP contribution in [0, 0.1) is 0 Å². The molecule has 6 nitrogen and oxygen atoms in total. The highest BCUT2D eigenvalue weighted by Crippen LogP contribution is 2.38. The van der Waals surface area contributed by atoms with E-state index in [0.717, 1.165) is 38.6 Å². The van der Waals surface area contributed by atoms with Crippen LogP contribution in [0.25, 0.3) is 27.8 Å². The van der Waals surface area contributed by atoms with Crippen LogP contribution in [0.1, 0.15) is 13.8 Å². The largest absolute Gasteiger partial charge is 0.494 e. The normalized spacial score (nSPS) is 12.0. The van der Waals surface area contributed by atoms with Crippen LogP contribution in [0.5, 0.6) is 5.75 Å². The minimum absolute atomic E-state index is 0.288. The van der Waals surface area contributed by atoms with Gasteiger partial charge in [-0.2, -0.15) is 0 Å². The summed E-state index contributed by atoms with van der Waals surface area (Å²) in [5.41, 5.74) is 3.80. The van der Waals surface area contributed by atoms with Crippen molar-refractivity contribution < 1.29 is 14.3 Å². The van der Waals surface area contributed by atoms with E-state index >= 15 is 0 Å². The number of nitrogens with zero attached hydrogens (tertiary/aromatic N) is 3. The molecule has 0 unspecified atom stereocenters. The highest BCUT2D eigenvalue weighted by molar-refractivity contribution is 8.00. The third-order valence-electron chi connectivity index (χ3n) is 4.88. The number of carbonyl (C=O) groups is 1. The summed E-state index contributed by atoms with van der Waals surface area (Å²) in [7, 11) is 1.40. The minimum atomic E-state index is -0.388. The molecule has 0 amide bonds. The molecule has 0 bridgehead atoms. The second kappa shape index (κ2) is 9.22. The molecule has 1 atom stereocenters. The number of esters is 1. The van der Waals surface area contributed by atoms with Crippen LogP contribution in [0.3, 0.4) is 0 Å². The first-order valence-electron chi connectivity index (χ1n) is 10.0. The average molecular weight is 434 g/mol. The molecule has 0 saturated carbocycles. The summed E-state index contributed by atoms with van der Waals surface area (Å²) in [5.74, 6) is 0.535. The standard InChI is InChI=1S/C24H23N3O3S/c1-4-30-19-12-10-18(11-13-19)27-14-20(17-8-6-5-7-9-17)21-22(27)25-15-26-23(21)31-16(2)24(28)29-3/h5-16H,4H2,1-3H3/t16-/m0/s1. The molecule has 2 aromatic carbocycles. The predicted octanol–water partition coefficient (Wildman–Crippen LogP) is 5.14. The molecule has 0 radical (unpaired) electrons. The second-order valence-electron chi connectivity index (χ2n) is 6.87. The first-order valence-corrected chi connectivity index (χ1v) is 10.9. The summed E-state index contributed by atoms with van der Waals surface area (Å²) in [6.07, 6.45) is 3.60. The monoisotopic (exact) mass is 433 g/mol. The lowest BCUT2D eigenvalue weighted by Gasteiger charge is -2.10. The van der Waals surface area contributed by atoms with Gasteiger partial charge in [0.25, 0.3) is 0 Å². The zero-order valence-corrected chi connectivity index (χ0v) is 18.4. The van der Waals surface area contributed by atoms with Gasteiger partial charge in [0, 0.05) is 17.4 Å². The van der Waals surface area contributed by atoms with Crippen LogP contribution in [0.4, 0.5) is 0 Å². The first-order chi connectivity index (χ1) is 15.1. The van der Waals surface area contributed by atoms with Gasteiger partial charge in [0.2, 0.25) is 0 Å². The fourth-order valence-corrected chi connectivity index (χ4v) is 4.36. The lowest BCUT2D eigenvalue weighted by molar-refractivity contribution is -0.139. The van der Waals surface area contributed by atoms with Crippen LogP contribution in [-0.2, 0) is 9.53 Å². The molecule has 2 aromatic heterocycles. The zero-order valence-electron chi connectivity index (χ0n) is 17.6. The van der Waals surface area contributed by atoms with Gasteiger partial charge in [-0.1, -0.05) is 42.1 Å². The third kappa shape index (κ3) is 4.27. The van der Waals surface area contributed by atoms with Crippen molar-refractivity contribution in [1.82, 2.24) is 14.5 Å². The summed E-state index contributed by atoms with van der Waals surface area (Å²) in [5, 5.41) is 1.26. The van der Waals surface area contributed by atoms with Crippen molar-refractivity contribution in [2.45, 2.75) is 24.1 Å². The van der Waals surface area contributed by atoms with Crippen molar-refractivity contribution in [3.8, 4) is 22.6 Å². The summed E-state index contributed by atoms with van der Waals surface area (Å²) in [4.78, 5) is 21.1. The molecule has 0 aliphatic rings. The van der Waals surface area contributed by atoms with Gasteiger partial charge < -0.3 is 14.0 Å². The second-order valence-corrected chi connectivity index (χ2v) is 8.20. The fraction of sp³-hybridized carbons (Fsp3) is 0.208. The van der Waals surface area contributed by atoms with E-state index < -0.39 is 0 Å². The van der Waals surface area contributed by atoms with Crippen LogP contribution >= 0.6 is 11.8 Å².